The molecule has 0 fully saturated rings. The summed E-state index contributed by atoms with van der Waals surface area (Å²) in [4.78, 5) is 5.33. The Morgan fingerprint density at radius 3 is 1.15 bits per heavy atom. The minimum Gasteiger partial charge on any atom is -0.457 e. The lowest BCUT2D eigenvalue weighted by Gasteiger charge is -2.45. The van der Waals surface area contributed by atoms with Crippen LogP contribution < -0.4 is 30.9 Å². The number of hydrogen-bond donors (Lipinski definition) is 0. The van der Waals surface area contributed by atoms with Gasteiger partial charge in [0, 0.05) is 77.3 Å². The molecule has 6 heteroatoms. The van der Waals surface area contributed by atoms with Crippen molar-refractivity contribution < 1.29 is 13.6 Å². The highest BCUT2D eigenvalue weighted by atomic mass is 16.5. The minimum atomic E-state index is -0.646. The van der Waals surface area contributed by atoms with Gasteiger partial charge in [0.1, 0.15) is 33.8 Å². The lowest BCUT2D eigenvalue weighted by molar-refractivity contribution is 0.436. The monoisotopic (exact) mass is 1280 g/mol. The van der Waals surface area contributed by atoms with Crippen LogP contribution in [0.5, 0.6) is 11.5 Å². The molecule has 0 radical (unpaired) electrons. The zero-order valence-electron chi connectivity index (χ0n) is 54.5. The maximum atomic E-state index is 7.43. The Morgan fingerprint density at radius 1 is 0.248 bits per heavy atom. The fourth-order valence-electron chi connectivity index (χ4n) is 18.6. The van der Waals surface area contributed by atoms with Crippen LogP contribution in [0.15, 0.2) is 342 Å². The standard InChI is InChI=1S/C95H55BN2O3/c1-3-25-56(26-4-1)90-68-37-11-7-29-60(68)62-31-9-13-39-70(62)93(90)97-80-52-72-66-35-17-22-44-84(66)99-87(72)54-78(80)96-79-55-88-73(67-36-18-23-45-85(67)100-88)53-81(79)98(94-71-40-14-10-32-63(71)61-30-8-12-38-69(61)91(94)57-27-5-2-6-28-57)83-50-59(49-82(97)92(83)96)58-47-48-77-89(51-58)101-86-46-24-21-43-76(86)95(77)74-41-19-15-33-64(74)65-34-16-20-42-75(65)95/h1-55H. The summed E-state index contributed by atoms with van der Waals surface area (Å²) in [6, 6.07) is 124. The van der Waals surface area contributed by atoms with Gasteiger partial charge >= 0.3 is 0 Å². The maximum absolute atomic E-state index is 7.43. The number of nitrogens with zero attached hydrogens (tertiary/aromatic N) is 2. The summed E-state index contributed by atoms with van der Waals surface area (Å²) in [6.45, 7) is -0.355. The summed E-state index contributed by atoms with van der Waals surface area (Å²) in [6.07, 6.45) is 0. The lowest BCUT2D eigenvalue weighted by Crippen LogP contribution is -2.61. The fourth-order valence-corrected chi connectivity index (χ4v) is 18.6. The van der Waals surface area contributed by atoms with E-state index in [1.165, 1.54) is 54.6 Å². The molecule has 17 aromatic carbocycles. The number of furan rings is 2. The van der Waals surface area contributed by atoms with E-state index in [-0.39, 0.29) is 6.71 Å². The van der Waals surface area contributed by atoms with Crippen molar-refractivity contribution in [2.24, 2.45) is 0 Å². The number of fused-ring (bicyclic) bond motifs is 25. The molecule has 5 nitrogen and oxygen atoms in total. The molecule has 1 aliphatic carbocycles. The van der Waals surface area contributed by atoms with E-state index < -0.39 is 5.41 Å². The van der Waals surface area contributed by atoms with Crippen molar-refractivity contribution >= 4 is 144 Å². The van der Waals surface area contributed by atoms with Crippen molar-refractivity contribution in [1.82, 2.24) is 0 Å². The third-order valence-electron chi connectivity index (χ3n) is 22.6. The molecule has 0 amide bonds. The predicted molar refractivity (Wildman–Crippen MR) is 419 cm³/mol. The van der Waals surface area contributed by atoms with Gasteiger partial charge in [0.25, 0.3) is 6.71 Å². The molecule has 101 heavy (non-hydrogen) atoms. The molecular formula is C95H55BN2O3. The van der Waals surface area contributed by atoms with E-state index in [9.17, 15) is 0 Å². The number of rotatable bonds is 5. The average Bonchev–Trinajstić information content (AvgIpc) is 1.68. The smallest absolute Gasteiger partial charge is 0.252 e. The van der Waals surface area contributed by atoms with Crippen molar-refractivity contribution in [2.45, 2.75) is 5.41 Å². The Bertz CT molecular complexity index is 6490. The molecule has 4 aliphatic rings. The molecule has 0 saturated heterocycles. The van der Waals surface area contributed by atoms with E-state index >= 15 is 0 Å². The minimum absolute atomic E-state index is 0.355. The van der Waals surface area contributed by atoms with Crippen LogP contribution >= 0.6 is 0 Å². The fraction of sp³-hybridized carbons (Fsp3) is 0.0105. The number of anilines is 6. The molecule has 0 unspecified atom stereocenters. The first-order valence-corrected chi connectivity index (χ1v) is 34.9. The van der Waals surface area contributed by atoms with Crippen LogP contribution in [0.4, 0.5) is 34.1 Å². The molecule has 466 valence electrons. The molecule has 23 rings (SSSR count). The van der Waals surface area contributed by atoms with E-state index in [1.54, 1.807) is 0 Å². The summed E-state index contributed by atoms with van der Waals surface area (Å²) in [7, 11) is 0. The first-order chi connectivity index (χ1) is 50.1. The van der Waals surface area contributed by atoms with E-state index in [0.717, 1.165) is 161 Å². The second-order valence-electron chi connectivity index (χ2n) is 27.6. The Morgan fingerprint density at radius 2 is 0.644 bits per heavy atom. The van der Waals surface area contributed by atoms with Gasteiger partial charge in [-0.05, 0) is 154 Å². The van der Waals surface area contributed by atoms with Gasteiger partial charge in [0.05, 0.1) is 16.8 Å². The highest BCUT2D eigenvalue weighted by Crippen LogP contribution is 2.63. The average molecular weight is 1280 g/mol. The van der Waals surface area contributed by atoms with Crippen molar-refractivity contribution in [2.75, 3.05) is 9.80 Å². The van der Waals surface area contributed by atoms with Crippen molar-refractivity contribution in [3.8, 4) is 56.0 Å². The van der Waals surface area contributed by atoms with E-state index in [0.29, 0.717) is 0 Å². The van der Waals surface area contributed by atoms with Crippen molar-refractivity contribution in [3.05, 3.63) is 356 Å². The summed E-state index contributed by atoms with van der Waals surface area (Å²) < 4.78 is 21.7. The van der Waals surface area contributed by atoms with Crippen LogP contribution in [-0.4, -0.2) is 6.71 Å². The SMILES string of the molecule is c1ccc(-c2c(N3c4cc5c(cc4B4c6cc7oc8ccccc8c7cc6N(c6c(-c7ccccc7)c7ccccc7c7ccccc67)c6cc(-c7ccc8c(c7)Oc7ccccc7C87c8ccccc8-c8ccccc87)cc3c64)oc3ccccc35)c3ccccc3c3ccccc23)cc1. The van der Waals surface area contributed by atoms with Gasteiger partial charge in [-0.2, -0.15) is 0 Å². The number of para-hydroxylation sites is 3. The first-order valence-electron chi connectivity index (χ1n) is 34.9. The molecule has 0 atom stereocenters. The van der Waals surface area contributed by atoms with Crippen LogP contribution in [0.3, 0.4) is 0 Å². The maximum Gasteiger partial charge on any atom is 0.252 e. The molecule has 1 spiro atoms. The van der Waals surface area contributed by atoms with Gasteiger partial charge < -0.3 is 23.4 Å². The topological polar surface area (TPSA) is 42.0 Å². The second-order valence-corrected chi connectivity index (χ2v) is 27.6. The van der Waals surface area contributed by atoms with Crippen LogP contribution in [0.1, 0.15) is 22.3 Å². The molecule has 0 saturated carbocycles. The van der Waals surface area contributed by atoms with Gasteiger partial charge in [-0.25, -0.2) is 0 Å². The van der Waals surface area contributed by atoms with E-state index in [1.807, 2.05) is 0 Å². The largest absolute Gasteiger partial charge is 0.457 e. The summed E-state index contributed by atoms with van der Waals surface area (Å²) in [5.74, 6) is 1.67. The molecule has 0 N–H and O–H groups in total. The Kier molecular flexibility index (Phi) is 11.1. The summed E-state index contributed by atoms with van der Waals surface area (Å²) >= 11 is 0. The third kappa shape index (κ3) is 7.39. The Balaban J connectivity index is 0.914. The highest BCUT2D eigenvalue weighted by molar-refractivity contribution is 7.00. The molecular weight excluding hydrogens is 1230 g/mol. The summed E-state index contributed by atoms with van der Waals surface area (Å²) in [5, 5.41) is 13.6. The van der Waals surface area contributed by atoms with Crippen molar-refractivity contribution in [3.63, 3.8) is 0 Å². The van der Waals surface area contributed by atoms with Crippen molar-refractivity contribution in [1.29, 1.82) is 0 Å². The van der Waals surface area contributed by atoms with E-state index in [4.69, 9.17) is 13.6 Å². The highest BCUT2D eigenvalue weighted by Gasteiger charge is 2.52. The van der Waals surface area contributed by atoms with Gasteiger partial charge in [0.2, 0.25) is 0 Å². The van der Waals surface area contributed by atoms with E-state index in [2.05, 4.69) is 343 Å². The molecule has 5 heterocycles. The predicted octanol–water partition coefficient (Wildman–Crippen LogP) is 23.7. The van der Waals surface area contributed by atoms with Gasteiger partial charge in [0.15, 0.2) is 0 Å². The van der Waals surface area contributed by atoms with Crippen LogP contribution in [0, 0.1) is 0 Å². The van der Waals surface area contributed by atoms with Gasteiger partial charge in [-0.3, -0.25) is 0 Å². The summed E-state index contributed by atoms with van der Waals surface area (Å²) in [5.41, 5.74) is 26.4. The van der Waals surface area contributed by atoms with Crippen LogP contribution in [0.25, 0.3) is 131 Å². The van der Waals surface area contributed by atoms with Gasteiger partial charge in [-0.15, -0.1) is 0 Å². The normalized spacial score (nSPS) is 13.6. The first kappa shape index (κ1) is 54.9. The number of hydrogen-bond acceptors (Lipinski definition) is 5. The van der Waals surface area contributed by atoms with Crippen LogP contribution in [-0.2, 0) is 5.41 Å². The second kappa shape index (κ2) is 20.5. The zero-order chi connectivity index (χ0) is 65.8. The Labute approximate surface area is 581 Å². The molecule has 19 aromatic rings. The lowest BCUT2D eigenvalue weighted by atomic mass is 9.33. The molecule has 3 aliphatic heterocycles. The zero-order valence-corrected chi connectivity index (χ0v) is 54.5. The van der Waals surface area contributed by atoms with Gasteiger partial charge in [-0.1, -0.05) is 273 Å². The number of benzene rings is 17. The molecule has 0 bridgehead atoms. The number of ether oxygens (including phenoxy) is 1. The molecule has 2 aromatic heterocycles. The third-order valence-corrected chi connectivity index (χ3v) is 22.6. The Hall–Kier alpha value is -13.2. The quantitative estimate of drug-likeness (QED) is 0.127. The van der Waals surface area contributed by atoms with Crippen LogP contribution in [0.2, 0.25) is 0 Å².